The number of carbonyl (C=O) groups excluding carboxylic acids is 2. The first kappa shape index (κ1) is 22.5. The number of ether oxygens (including phenoxy) is 1. The number of aryl methyl sites for hydroxylation is 1. The van der Waals surface area contributed by atoms with Gasteiger partial charge in [-0.15, -0.1) is 0 Å². The largest absolute Gasteiger partial charge is 0.488 e. The van der Waals surface area contributed by atoms with E-state index in [-0.39, 0.29) is 41.7 Å². The van der Waals surface area contributed by atoms with Gasteiger partial charge in [-0.25, -0.2) is 9.50 Å². The number of carbonyl (C=O) groups is 2. The smallest absolute Gasteiger partial charge is 0.233 e. The van der Waals surface area contributed by atoms with Crippen molar-refractivity contribution in [3.8, 4) is 17.0 Å². The average molecular weight is 494 g/mol. The molecule has 4 heterocycles. The molecule has 3 fully saturated rings. The van der Waals surface area contributed by atoms with Crippen molar-refractivity contribution in [1.29, 1.82) is 0 Å². The Morgan fingerprint density at radius 2 is 1.97 bits per heavy atom. The number of aromatic nitrogens is 3. The van der Waals surface area contributed by atoms with Crippen molar-refractivity contribution in [3.63, 3.8) is 0 Å². The molecule has 0 bridgehead atoms. The van der Waals surface area contributed by atoms with Crippen molar-refractivity contribution in [2.45, 2.75) is 46.3 Å². The number of rotatable bonds is 5. The predicted octanol–water partition coefficient (Wildman–Crippen LogP) is 3.63. The van der Waals surface area contributed by atoms with Gasteiger partial charge in [0.2, 0.25) is 11.8 Å². The fourth-order valence-corrected chi connectivity index (χ4v) is 6.04. The Kier molecular flexibility index (Phi) is 5.16. The highest BCUT2D eigenvalue weighted by Gasteiger charge is 2.72. The van der Waals surface area contributed by atoms with Crippen LogP contribution in [0.1, 0.15) is 37.8 Å². The van der Waals surface area contributed by atoms with Crippen LogP contribution in [0.2, 0.25) is 5.02 Å². The van der Waals surface area contributed by atoms with Crippen LogP contribution in [0.4, 0.5) is 0 Å². The molecule has 3 aliphatic rings. The normalized spacial score (nSPS) is 25.3. The monoisotopic (exact) mass is 493 g/mol. The molecule has 1 N–H and O–H groups in total. The van der Waals surface area contributed by atoms with Gasteiger partial charge >= 0.3 is 0 Å². The third-order valence-electron chi connectivity index (χ3n) is 7.73. The first-order valence-corrected chi connectivity index (χ1v) is 12.5. The minimum atomic E-state index is -0.219. The summed E-state index contributed by atoms with van der Waals surface area (Å²) >= 11 is 6.46. The highest BCUT2D eigenvalue weighted by atomic mass is 35.5. The number of piperidine rings is 2. The second-order valence-electron chi connectivity index (χ2n) is 10.5. The molecule has 3 aromatic rings. The lowest BCUT2D eigenvalue weighted by Crippen LogP contribution is -2.37. The third-order valence-corrected chi connectivity index (χ3v) is 7.94. The zero-order chi connectivity index (χ0) is 24.5. The van der Waals surface area contributed by atoms with Crippen LogP contribution in [-0.4, -0.2) is 50.5 Å². The topological polar surface area (TPSA) is 88.8 Å². The number of amides is 2. The molecule has 6 rings (SSSR count). The lowest BCUT2D eigenvalue weighted by molar-refractivity contribution is -0.143. The van der Waals surface area contributed by atoms with Gasteiger partial charge in [0.05, 0.1) is 23.9 Å². The molecule has 182 valence electrons. The van der Waals surface area contributed by atoms with Crippen molar-refractivity contribution in [2.75, 3.05) is 13.1 Å². The second kappa shape index (κ2) is 8.03. The van der Waals surface area contributed by atoms with Crippen LogP contribution in [0.25, 0.3) is 16.8 Å². The standard InChI is InChI=1S/C26H28ClN5O3/c1-14-7-16(27)9-18(23(14)35-17-5-4-6-28-10-17)22-19-8-15(12-32(19)30-13-29-22)11-31-24(33)20-21(25(31)34)26(20,2)3/h7-9,12-13,17,20-21,28H,4-6,10-11H2,1-3H3/t17-,20?,21?/m0/s1. The van der Waals surface area contributed by atoms with E-state index in [9.17, 15) is 9.59 Å². The van der Waals surface area contributed by atoms with Gasteiger partial charge in [0, 0.05) is 23.3 Å². The summed E-state index contributed by atoms with van der Waals surface area (Å²) in [6.07, 6.45) is 5.47. The molecule has 9 heteroatoms. The molecule has 1 aromatic carbocycles. The van der Waals surface area contributed by atoms with Gasteiger partial charge in [0.1, 0.15) is 23.9 Å². The third kappa shape index (κ3) is 3.62. The molecule has 8 nitrogen and oxygen atoms in total. The zero-order valence-electron chi connectivity index (χ0n) is 20.0. The van der Waals surface area contributed by atoms with Crippen LogP contribution < -0.4 is 10.1 Å². The Hall–Kier alpha value is -2.97. The summed E-state index contributed by atoms with van der Waals surface area (Å²) in [7, 11) is 0. The maximum atomic E-state index is 12.8. The summed E-state index contributed by atoms with van der Waals surface area (Å²) < 4.78 is 8.20. The molecule has 1 saturated carbocycles. The van der Waals surface area contributed by atoms with Crippen LogP contribution in [0.15, 0.2) is 30.7 Å². The van der Waals surface area contributed by atoms with Crippen LogP contribution in [-0.2, 0) is 16.1 Å². The Morgan fingerprint density at radius 3 is 2.69 bits per heavy atom. The van der Waals surface area contributed by atoms with Crippen molar-refractivity contribution in [3.05, 3.63) is 46.9 Å². The van der Waals surface area contributed by atoms with Gasteiger partial charge in [-0.3, -0.25) is 14.5 Å². The van der Waals surface area contributed by atoms with Crippen LogP contribution in [0.5, 0.6) is 5.75 Å². The van der Waals surface area contributed by atoms with E-state index in [2.05, 4.69) is 15.4 Å². The second-order valence-corrected chi connectivity index (χ2v) is 10.9. The Labute approximate surface area is 208 Å². The van der Waals surface area contributed by atoms with Gasteiger partial charge in [-0.2, -0.15) is 5.10 Å². The number of imide groups is 1. The van der Waals surface area contributed by atoms with Gasteiger partial charge < -0.3 is 10.1 Å². The highest BCUT2D eigenvalue weighted by molar-refractivity contribution is 6.31. The summed E-state index contributed by atoms with van der Waals surface area (Å²) in [5.74, 6) is 0.234. The van der Waals surface area contributed by atoms with E-state index in [1.54, 1.807) is 4.52 Å². The van der Waals surface area contributed by atoms with E-state index in [1.165, 1.54) is 11.2 Å². The van der Waals surface area contributed by atoms with E-state index in [0.29, 0.717) is 10.7 Å². The molecule has 2 amide bonds. The van der Waals surface area contributed by atoms with Crippen LogP contribution in [0.3, 0.4) is 0 Å². The van der Waals surface area contributed by atoms with Crippen molar-refractivity contribution < 1.29 is 14.3 Å². The average Bonchev–Trinajstić information content (AvgIpc) is 3.07. The summed E-state index contributed by atoms with van der Waals surface area (Å²) in [5, 5.41) is 8.36. The van der Waals surface area contributed by atoms with Crippen LogP contribution >= 0.6 is 11.6 Å². The maximum absolute atomic E-state index is 12.8. The molecule has 0 radical (unpaired) electrons. The lowest BCUT2D eigenvalue weighted by Gasteiger charge is -2.26. The summed E-state index contributed by atoms with van der Waals surface area (Å²) in [5.41, 5.74) is 3.80. The SMILES string of the molecule is Cc1cc(Cl)cc(-c2ncnn3cc(CN4C(=O)C5C(C4=O)C5(C)C)cc23)c1O[C@H]1CCCNC1. The zero-order valence-corrected chi connectivity index (χ0v) is 20.8. The highest BCUT2D eigenvalue weighted by Crippen LogP contribution is 2.63. The van der Waals surface area contributed by atoms with E-state index in [0.717, 1.165) is 53.9 Å². The fourth-order valence-electron chi connectivity index (χ4n) is 5.77. The fraction of sp³-hybridized carbons (Fsp3) is 0.462. The first-order chi connectivity index (χ1) is 16.8. The molecule has 0 spiro atoms. The number of fused-ring (bicyclic) bond motifs is 2. The van der Waals surface area contributed by atoms with E-state index < -0.39 is 0 Å². The summed E-state index contributed by atoms with van der Waals surface area (Å²) in [6, 6.07) is 5.71. The molecule has 2 unspecified atom stereocenters. The van der Waals surface area contributed by atoms with Crippen molar-refractivity contribution in [1.82, 2.24) is 24.8 Å². The number of halogens is 1. The molecule has 3 atom stereocenters. The van der Waals surface area contributed by atoms with Crippen molar-refractivity contribution >= 4 is 28.9 Å². The Bertz CT molecular complexity index is 1340. The van der Waals surface area contributed by atoms with E-state index in [4.69, 9.17) is 16.3 Å². The number of hydrogen-bond donors (Lipinski definition) is 1. The van der Waals surface area contributed by atoms with Crippen molar-refractivity contribution in [2.24, 2.45) is 17.3 Å². The number of benzene rings is 1. The molecule has 2 saturated heterocycles. The lowest BCUT2D eigenvalue weighted by atomic mass is 10.0. The minimum Gasteiger partial charge on any atom is -0.488 e. The van der Waals surface area contributed by atoms with Gasteiger partial charge in [0.15, 0.2) is 0 Å². The number of nitrogens with one attached hydrogen (secondary N) is 1. The quantitative estimate of drug-likeness (QED) is 0.546. The number of hydrogen-bond acceptors (Lipinski definition) is 6. The minimum absolute atomic E-state index is 0.0745. The maximum Gasteiger partial charge on any atom is 0.233 e. The molecule has 2 aromatic heterocycles. The number of nitrogens with zero attached hydrogens (tertiary/aromatic N) is 4. The van der Waals surface area contributed by atoms with E-state index in [1.807, 2.05) is 45.2 Å². The predicted molar refractivity (Wildman–Crippen MR) is 131 cm³/mol. The molecular weight excluding hydrogens is 466 g/mol. The summed E-state index contributed by atoms with van der Waals surface area (Å²) in [6.45, 7) is 8.00. The molecule has 1 aliphatic carbocycles. The van der Waals surface area contributed by atoms with Gasteiger partial charge in [-0.05, 0) is 61.1 Å². The van der Waals surface area contributed by atoms with Crippen LogP contribution in [0, 0.1) is 24.2 Å². The van der Waals surface area contributed by atoms with E-state index >= 15 is 0 Å². The summed E-state index contributed by atoms with van der Waals surface area (Å²) in [4.78, 5) is 31.6. The molecule has 2 aliphatic heterocycles. The Balaban J connectivity index is 1.35. The molecule has 35 heavy (non-hydrogen) atoms. The van der Waals surface area contributed by atoms with Gasteiger partial charge in [-0.1, -0.05) is 25.4 Å². The Morgan fingerprint density at radius 1 is 1.20 bits per heavy atom. The molecular formula is C26H28ClN5O3. The van der Waals surface area contributed by atoms with Gasteiger partial charge in [0.25, 0.3) is 0 Å². The first-order valence-electron chi connectivity index (χ1n) is 12.1. The number of likely N-dealkylation sites (tertiary alicyclic amines) is 1.